The van der Waals surface area contributed by atoms with Gasteiger partial charge < -0.3 is 9.67 Å². The summed E-state index contributed by atoms with van der Waals surface area (Å²) in [6, 6.07) is 6.53. The van der Waals surface area contributed by atoms with Crippen LogP contribution in [-0.4, -0.2) is 14.7 Å². The van der Waals surface area contributed by atoms with Crippen LogP contribution in [0, 0.1) is 5.82 Å². The molecule has 0 saturated carbocycles. The minimum absolute atomic E-state index is 0.259. The van der Waals surface area contributed by atoms with Crippen molar-refractivity contribution in [3.05, 3.63) is 53.2 Å². The van der Waals surface area contributed by atoms with Gasteiger partial charge >= 0.3 is 0 Å². The number of nitrogens with zero attached hydrogens (tertiary/aromatic N) is 2. The monoisotopic (exact) mass is 276 g/mol. The van der Waals surface area contributed by atoms with Crippen LogP contribution in [0.5, 0.6) is 0 Å². The third kappa shape index (κ3) is 2.15. The van der Waals surface area contributed by atoms with Crippen LogP contribution >= 0.6 is 11.3 Å². The second kappa shape index (κ2) is 4.75. The fourth-order valence-corrected chi connectivity index (χ4v) is 3.20. The zero-order valence-electron chi connectivity index (χ0n) is 10.4. The van der Waals surface area contributed by atoms with Gasteiger partial charge in [-0.25, -0.2) is 9.37 Å². The van der Waals surface area contributed by atoms with E-state index in [1.165, 1.54) is 23.5 Å². The fraction of sp³-hybridized carbons (Fsp3) is 0.214. The van der Waals surface area contributed by atoms with E-state index in [1.54, 1.807) is 12.3 Å². The summed E-state index contributed by atoms with van der Waals surface area (Å²) in [4.78, 5) is 4.98. The quantitative estimate of drug-likeness (QED) is 0.796. The van der Waals surface area contributed by atoms with Gasteiger partial charge in [0.1, 0.15) is 17.7 Å². The predicted octanol–water partition coefficient (Wildman–Crippen LogP) is 3.34. The van der Waals surface area contributed by atoms with Crippen molar-refractivity contribution in [2.45, 2.75) is 19.6 Å². The molecule has 2 heterocycles. The molecule has 3 aromatic rings. The first-order chi connectivity index (χ1) is 9.19. The molecule has 1 unspecified atom stereocenters. The maximum Gasteiger partial charge on any atom is 0.146 e. The maximum absolute atomic E-state index is 13.2. The van der Waals surface area contributed by atoms with Gasteiger partial charge in [-0.1, -0.05) is 6.07 Å². The molecule has 19 heavy (non-hydrogen) atoms. The molecule has 1 aromatic carbocycles. The Morgan fingerprint density at radius 2 is 2.26 bits per heavy atom. The number of rotatable bonds is 3. The van der Waals surface area contributed by atoms with Gasteiger partial charge in [-0.15, -0.1) is 11.3 Å². The molecule has 0 radical (unpaired) electrons. The van der Waals surface area contributed by atoms with E-state index in [-0.39, 0.29) is 5.82 Å². The number of imidazole rings is 1. The number of aryl methyl sites for hydroxylation is 1. The van der Waals surface area contributed by atoms with E-state index >= 15 is 0 Å². The summed E-state index contributed by atoms with van der Waals surface area (Å²) in [5.74, 6) is 0.361. The summed E-state index contributed by atoms with van der Waals surface area (Å²) in [5, 5.41) is 11.3. The lowest BCUT2D eigenvalue weighted by Crippen LogP contribution is -2.07. The minimum Gasteiger partial charge on any atom is -0.380 e. The molecular formula is C14H13FN2OS. The van der Waals surface area contributed by atoms with Crippen molar-refractivity contribution in [3.8, 4) is 0 Å². The molecule has 0 aliphatic carbocycles. The Kier molecular flexibility index (Phi) is 3.08. The molecule has 0 saturated heterocycles. The Bertz CT molecular complexity index is 719. The third-order valence-electron chi connectivity index (χ3n) is 3.10. The summed E-state index contributed by atoms with van der Waals surface area (Å²) in [7, 11) is 0. The number of thiophene rings is 1. The van der Waals surface area contributed by atoms with Crippen molar-refractivity contribution >= 4 is 21.4 Å². The van der Waals surface area contributed by atoms with Gasteiger partial charge in [-0.3, -0.25) is 0 Å². The Morgan fingerprint density at radius 1 is 1.42 bits per heavy atom. The van der Waals surface area contributed by atoms with Crippen molar-refractivity contribution in [3.63, 3.8) is 0 Å². The summed E-state index contributed by atoms with van der Waals surface area (Å²) < 4.78 is 15.9. The lowest BCUT2D eigenvalue weighted by molar-refractivity contribution is 0.208. The van der Waals surface area contributed by atoms with Gasteiger partial charge in [-0.2, -0.15) is 0 Å². The molecule has 2 aromatic heterocycles. The number of fused-ring (bicyclic) bond motifs is 1. The molecule has 0 bridgehead atoms. The fourth-order valence-electron chi connectivity index (χ4n) is 2.12. The van der Waals surface area contributed by atoms with Gasteiger partial charge in [0.15, 0.2) is 0 Å². The standard InChI is InChI=1S/C14H13FN2OS/c1-2-17-6-5-16-14(17)13(18)12-7-9-3-4-10(15)8-11(9)19-12/h3-8,13,18H,2H2,1H3. The summed E-state index contributed by atoms with van der Waals surface area (Å²) in [6.07, 6.45) is 2.75. The zero-order chi connectivity index (χ0) is 13.4. The second-order valence-corrected chi connectivity index (χ2v) is 5.42. The second-order valence-electron chi connectivity index (χ2n) is 4.30. The first kappa shape index (κ1) is 12.3. The highest BCUT2D eigenvalue weighted by Crippen LogP contribution is 2.32. The average Bonchev–Trinajstić information content (AvgIpc) is 3.03. The number of halogens is 1. The van der Waals surface area contributed by atoms with E-state index in [4.69, 9.17) is 0 Å². The molecule has 0 amide bonds. The minimum atomic E-state index is -0.768. The van der Waals surface area contributed by atoms with E-state index in [2.05, 4.69) is 4.98 Å². The number of aliphatic hydroxyl groups is 1. The van der Waals surface area contributed by atoms with Gasteiger partial charge in [0.25, 0.3) is 0 Å². The first-order valence-corrected chi connectivity index (χ1v) is 6.88. The zero-order valence-corrected chi connectivity index (χ0v) is 11.2. The van der Waals surface area contributed by atoms with Crippen LogP contribution in [-0.2, 0) is 6.54 Å². The molecule has 0 spiro atoms. The van der Waals surface area contributed by atoms with Crippen LogP contribution in [0.1, 0.15) is 23.7 Å². The summed E-state index contributed by atoms with van der Waals surface area (Å²) >= 11 is 1.39. The first-order valence-electron chi connectivity index (χ1n) is 6.07. The van der Waals surface area contributed by atoms with E-state index in [0.29, 0.717) is 5.82 Å². The Morgan fingerprint density at radius 3 is 3.05 bits per heavy atom. The topological polar surface area (TPSA) is 38.0 Å². The van der Waals surface area contributed by atoms with Crippen molar-refractivity contribution < 1.29 is 9.50 Å². The molecule has 3 nitrogen and oxygen atoms in total. The van der Waals surface area contributed by atoms with E-state index in [1.807, 2.05) is 23.8 Å². The van der Waals surface area contributed by atoms with E-state index in [9.17, 15) is 9.50 Å². The van der Waals surface area contributed by atoms with Crippen molar-refractivity contribution in [1.82, 2.24) is 9.55 Å². The van der Waals surface area contributed by atoms with Crippen LogP contribution < -0.4 is 0 Å². The van der Waals surface area contributed by atoms with Crippen molar-refractivity contribution in [2.24, 2.45) is 0 Å². The highest BCUT2D eigenvalue weighted by atomic mass is 32.1. The molecule has 1 atom stereocenters. The number of benzene rings is 1. The molecule has 98 valence electrons. The highest BCUT2D eigenvalue weighted by Gasteiger charge is 2.18. The molecule has 0 aliphatic rings. The molecule has 1 N–H and O–H groups in total. The van der Waals surface area contributed by atoms with Crippen LogP contribution in [0.25, 0.3) is 10.1 Å². The van der Waals surface area contributed by atoms with Crippen LogP contribution in [0.2, 0.25) is 0 Å². The molecular weight excluding hydrogens is 263 g/mol. The molecule has 3 rings (SSSR count). The molecule has 0 fully saturated rings. The van der Waals surface area contributed by atoms with Crippen LogP contribution in [0.4, 0.5) is 4.39 Å². The predicted molar refractivity (Wildman–Crippen MR) is 73.7 cm³/mol. The van der Waals surface area contributed by atoms with Crippen molar-refractivity contribution in [1.29, 1.82) is 0 Å². The van der Waals surface area contributed by atoms with Crippen LogP contribution in [0.3, 0.4) is 0 Å². The van der Waals surface area contributed by atoms with Crippen molar-refractivity contribution in [2.75, 3.05) is 0 Å². The Balaban J connectivity index is 2.04. The van der Waals surface area contributed by atoms with Gasteiger partial charge in [-0.05, 0) is 30.5 Å². The third-order valence-corrected chi connectivity index (χ3v) is 4.25. The van der Waals surface area contributed by atoms with E-state index < -0.39 is 6.10 Å². The van der Waals surface area contributed by atoms with Gasteiger partial charge in [0.05, 0.1) is 0 Å². The SMILES string of the molecule is CCn1ccnc1C(O)c1cc2ccc(F)cc2s1. The Labute approximate surface area is 114 Å². The number of aromatic nitrogens is 2. The van der Waals surface area contributed by atoms with Crippen LogP contribution in [0.15, 0.2) is 36.7 Å². The summed E-state index contributed by atoms with van der Waals surface area (Å²) in [6.45, 7) is 2.75. The smallest absolute Gasteiger partial charge is 0.146 e. The number of hydrogen-bond acceptors (Lipinski definition) is 3. The lowest BCUT2D eigenvalue weighted by atomic mass is 10.2. The largest absolute Gasteiger partial charge is 0.380 e. The average molecular weight is 276 g/mol. The molecule has 5 heteroatoms. The van der Waals surface area contributed by atoms with E-state index in [0.717, 1.165) is 21.5 Å². The normalized spacial score (nSPS) is 13.0. The molecule has 0 aliphatic heterocycles. The Hall–Kier alpha value is -1.72. The summed E-state index contributed by atoms with van der Waals surface area (Å²) in [5.41, 5.74) is 0. The lowest BCUT2D eigenvalue weighted by Gasteiger charge is -2.09. The maximum atomic E-state index is 13.2. The number of hydrogen-bond donors (Lipinski definition) is 1. The van der Waals surface area contributed by atoms with Gasteiger partial charge in [0, 0.05) is 28.5 Å². The van der Waals surface area contributed by atoms with Gasteiger partial charge in [0.2, 0.25) is 0 Å². The number of aliphatic hydroxyl groups excluding tert-OH is 1. The highest BCUT2D eigenvalue weighted by molar-refractivity contribution is 7.19.